The van der Waals surface area contributed by atoms with E-state index in [0.29, 0.717) is 31.6 Å². The number of benzene rings is 1. The van der Waals surface area contributed by atoms with Gasteiger partial charge in [-0.05, 0) is 62.3 Å². The summed E-state index contributed by atoms with van der Waals surface area (Å²) in [6.45, 7) is 6.04. The Morgan fingerprint density at radius 2 is 1.90 bits per heavy atom. The Morgan fingerprint density at radius 3 is 2.52 bits per heavy atom. The minimum Gasteiger partial charge on any atom is -0.494 e. The van der Waals surface area contributed by atoms with Crippen molar-refractivity contribution in [1.29, 1.82) is 0 Å². The van der Waals surface area contributed by atoms with Crippen molar-refractivity contribution in [2.24, 2.45) is 11.7 Å². The second-order valence-electron chi connectivity index (χ2n) is 5.36. The molecule has 2 rings (SSSR count). The summed E-state index contributed by atoms with van der Waals surface area (Å²) in [5.74, 6) is 5.39. The van der Waals surface area contributed by atoms with Crippen LogP contribution in [0.5, 0.6) is 11.5 Å². The zero-order chi connectivity index (χ0) is 15.1. The first-order valence-corrected chi connectivity index (χ1v) is 9.12. The number of ether oxygens (including phenoxy) is 2. The first-order chi connectivity index (χ1) is 10.3. The van der Waals surface area contributed by atoms with Crippen molar-refractivity contribution < 1.29 is 9.47 Å². The summed E-state index contributed by atoms with van der Waals surface area (Å²) in [5, 5.41) is 0. The topological polar surface area (TPSA) is 44.5 Å². The van der Waals surface area contributed by atoms with Gasteiger partial charge in [-0.3, -0.25) is 0 Å². The van der Waals surface area contributed by atoms with Gasteiger partial charge in [0.05, 0.1) is 13.2 Å². The molecule has 1 atom stereocenters. The zero-order valence-electron chi connectivity index (χ0n) is 13.1. The summed E-state index contributed by atoms with van der Waals surface area (Å²) in [7, 11) is 0. The Kier molecular flexibility index (Phi) is 6.71. The maximum atomic E-state index is 6.10. The van der Waals surface area contributed by atoms with Crippen molar-refractivity contribution in [2.45, 2.75) is 32.6 Å². The van der Waals surface area contributed by atoms with E-state index in [9.17, 15) is 0 Å². The Balaban J connectivity index is 2.25. The molecule has 21 heavy (non-hydrogen) atoms. The van der Waals surface area contributed by atoms with E-state index in [1.165, 1.54) is 29.9 Å². The van der Waals surface area contributed by atoms with Crippen LogP contribution < -0.4 is 15.2 Å². The molecule has 4 heteroatoms. The molecule has 1 saturated heterocycles. The van der Waals surface area contributed by atoms with Crippen LogP contribution in [0.25, 0.3) is 0 Å². The van der Waals surface area contributed by atoms with Gasteiger partial charge >= 0.3 is 0 Å². The predicted molar refractivity (Wildman–Crippen MR) is 90.6 cm³/mol. The fourth-order valence-electron chi connectivity index (χ4n) is 3.05. The summed E-state index contributed by atoms with van der Waals surface area (Å²) in [6, 6.07) is 6.21. The van der Waals surface area contributed by atoms with Crippen LogP contribution in [-0.4, -0.2) is 31.3 Å². The van der Waals surface area contributed by atoms with Crippen LogP contribution in [0.3, 0.4) is 0 Å². The van der Waals surface area contributed by atoms with E-state index in [1.54, 1.807) is 0 Å². The molecule has 0 bridgehead atoms. The molecule has 1 unspecified atom stereocenters. The number of thioether (sulfide) groups is 1. The van der Waals surface area contributed by atoms with Gasteiger partial charge < -0.3 is 15.2 Å². The van der Waals surface area contributed by atoms with E-state index >= 15 is 0 Å². The molecule has 1 aromatic carbocycles. The van der Waals surface area contributed by atoms with Crippen LogP contribution in [-0.2, 0) is 0 Å². The Bertz CT molecular complexity index is 433. The lowest BCUT2D eigenvalue weighted by molar-refractivity contribution is 0.312. The molecule has 0 amide bonds. The lowest BCUT2D eigenvalue weighted by Gasteiger charge is -2.30. The van der Waals surface area contributed by atoms with Crippen LogP contribution in [0.1, 0.15) is 38.2 Å². The minimum absolute atomic E-state index is 0.392. The molecule has 1 aliphatic rings. The summed E-state index contributed by atoms with van der Waals surface area (Å²) < 4.78 is 11.4. The van der Waals surface area contributed by atoms with Crippen LogP contribution in [0.4, 0.5) is 0 Å². The van der Waals surface area contributed by atoms with Gasteiger partial charge in [-0.25, -0.2) is 0 Å². The number of hydrogen-bond acceptors (Lipinski definition) is 4. The fraction of sp³-hybridized carbons (Fsp3) is 0.647. The SMILES string of the molecule is CCOc1ccc(C(CN)C2CCSCC2)c(OCC)c1. The number of hydrogen-bond donors (Lipinski definition) is 1. The van der Waals surface area contributed by atoms with E-state index in [0.717, 1.165) is 11.5 Å². The van der Waals surface area contributed by atoms with Crippen LogP contribution in [0, 0.1) is 5.92 Å². The van der Waals surface area contributed by atoms with Crippen LogP contribution in [0.2, 0.25) is 0 Å². The second kappa shape index (κ2) is 8.54. The van der Waals surface area contributed by atoms with E-state index < -0.39 is 0 Å². The summed E-state index contributed by atoms with van der Waals surface area (Å²) in [5.41, 5.74) is 7.35. The van der Waals surface area contributed by atoms with Gasteiger partial charge in [0.1, 0.15) is 11.5 Å². The van der Waals surface area contributed by atoms with Crippen molar-refractivity contribution in [3.05, 3.63) is 23.8 Å². The Hall–Kier alpha value is -0.870. The summed E-state index contributed by atoms with van der Waals surface area (Å²) in [6.07, 6.45) is 2.51. The highest BCUT2D eigenvalue weighted by Crippen LogP contribution is 2.39. The molecule has 2 N–H and O–H groups in total. The molecular weight excluding hydrogens is 282 g/mol. The van der Waals surface area contributed by atoms with Crippen molar-refractivity contribution in [3.8, 4) is 11.5 Å². The van der Waals surface area contributed by atoms with Gasteiger partial charge in [0, 0.05) is 12.0 Å². The van der Waals surface area contributed by atoms with Gasteiger partial charge in [0.15, 0.2) is 0 Å². The molecular formula is C17H27NO2S. The fourth-order valence-corrected chi connectivity index (χ4v) is 4.19. The number of nitrogens with two attached hydrogens (primary N) is 1. The van der Waals surface area contributed by atoms with Gasteiger partial charge in [-0.15, -0.1) is 0 Å². The van der Waals surface area contributed by atoms with Crippen LogP contribution >= 0.6 is 11.8 Å². The van der Waals surface area contributed by atoms with Crippen molar-refractivity contribution in [2.75, 3.05) is 31.3 Å². The molecule has 1 heterocycles. The monoisotopic (exact) mass is 309 g/mol. The van der Waals surface area contributed by atoms with E-state index in [-0.39, 0.29) is 0 Å². The first kappa shape index (κ1) is 16.5. The van der Waals surface area contributed by atoms with Crippen molar-refractivity contribution >= 4 is 11.8 Å². The third-order valence-electron chi connectivity index (χ3n) is 4.08. The second-order valence-corrected chi connectivity index (χ2v) is 6.58. The average Bonchev–Trinajstić information content (AvgIpc) is 2.52. The maximum Gasteiger partial charge on any atom is 0.126 e. The normalized spacial score (nSPS) is 17.5. The van der Waals surface area contributed by atoms with Gasteiger partial charge in [0.25, 0.3) is 0 Å². The molecule has 0 spiro atoms. The van der Waals surface area contributed by atoms with Gasteiger partial charge in [0.2, 0.25) is 0 Å². The summed E-state index contributed by atoms with van der Waals surface area (Å²) >= 11 is 2.05. The molecule has 1 aliphatic heterocycles. The number of rotatable bonds is 7. The molecule has 0 saturated carbocycles. The summed E-state index contributed by atoms with van der Waals surface area (Å²) in [4.78, 5) is 0. The molecule has 0 radical (unpaired) electrons. The van der Waals surface area contributed by atoms with Gasteiger partial charge in [-0.1, -0.05) is 6.07 Å². The average molecular weight is 309 g/mol. The van der Waals surface area contributed by atoms with E-state index in [4.69, 9.17) is 15.2 Å². The molecule has 0 aliphatic carbocycles. The highest BCUT2D eigenvalue weighted by atomic mass is 32.2. The molecule has 1 aromatic rings. The predicted octanol–water partition coefficient (Wildman–Crippen LogP) is 3.67. The molecule has 118 valence electrons. The quantitative estimate of drug-likeness (QED) is 0.834. The van der Waals surface area contributed by atoms with Crippen molar-refractivity contribution in [3.63, 3.8) is 0 Å². The largest absolute Gasteiger partial charge is 0.494 e. The highest BCUT2D eigenvalue weighted by molar-refractivity contribution is 7.99. The standard InChI is InChI=1S/C17H27NO2S/c1-3-19-14-5-6-15(17(11-14)20-4-2)16(12-18)13-7-9-21-10-8-13/h5-6,11,13,16H,3-4,7-10,12,18H2,1-2H3. The Labute approximate surface area is 132 Å². The smallest absolute Gasteiger partial charge is 0.126 e. The molecule has 3 nitrogen and oxygen atoms in total. The van der Waals surface area contributed by atoms with Crippen LogP contribution in [0.15, 0.2) is 18.2 Å². The van der Waals surface area contributed by atoms with E-state index in [1.807, 2.05) is 26.0 Å². The molecule has 1 fully saturated rings. The first-order valence-electron chi connectivity index (χ1n) is 7.97. The lowest BCUT2D eigenvalue weighted by Crippen LogP contribution is -2.25. The van der Waals surface area contributed by atoms with Crippen molar-refractivity contribution in [1.82, 2.24) is 0 Å². The molecule has 0 aromatic heterocycles. The zero-order valence-corrected chi connectivity index (χ0v) is 14.0. The van der Waals surface area contributed by atoms with Gasteiger partial charge in [-0.2, -0.15) is 11.8 Å². The Morgan fingerprint density at radius 1 is 1.19 bits per heavy atom. The highest BCUT2D eigenvalue weighted by Gasteiger charge is 2.26. The lowest BCUT2D eigenvalue weighted by atomic mass is 9.82. The third kappa shape index (κ3) is 4.30. The van der Waals surface area contributed by atoms with E-state index in [2.05, 4.69) is 17.8 Å². The third-order valence-corrected chi connectivity index (χ3v) is 5.13. The maximum absolute atomic E-state index is 6.10. The minimum atomic E-state index is 0.392.